The van der Waals surface area contributed by atoms with E-state index < -0.39 is 0 Å². The average molecular weight is 364 g/mol. The van der Waals surface area contributed by atoms with Crippen LogP contribution in [0.1, 0.15) is 48.8 Å². The van der Waals surface area contributed by atoms with Crippen molar-refractivity contribution < 1.29 is 9.21 Å². The number of benzene rings is 1. The monoisotopic (exact) mass is 364 g/mol. The van der Waals surface area contributed by atoms with Gasteiger partial charge in [-0.05, 0) is 43.2 Å². The summed E-state index contributed by atoms with van der Waals surface area (Å²) in [6, 6.07) is 16.5. The Hall–Kier alpha value is -2.75. The molecule has 0 aliphatic rings. The van der Waals surface area contributed by atoms with Gasteiger partial charge in [-0.3, -0.25) is 4.79 Å². The Balaban J connectivity index is 1.74. The summed E-state index contributed by atoms with van der Waals surface area (Å²) in [5.41, 5.74) is 3.65. The van der Waals surface area contributed by atoms with E-state index in [1.807, 2.05) is 23.1 Å². The molecule has 0 radical (unpaired) electrons. The number of carbonyl (C=O) groups is 1. The van der Waals surface area contributed by atoms with Gasteiger partial charge in [-0.25, -0.2) is 0 Å². The summed E-state index contributed by atoms with van der Waals surface area (Å²) < 4.78 is 7.69. The first-order valence-electron chi connectivity index (χ1n) is 9.65. The zero-order chi connectivity index (χ0) is 19.1. The van der Waals surface area contributed by atoms with Crippen LogP contribution in [0.4, 0.5) is 0 Å². The lowest BCUT2D eigenvalue weighted by molar-refractivity contribution is -0.132. The first-order chi connectivity index (χ1) is 13.2. The average Bonchev–Trinajstić information content (AvgIpc) is 3.33. The Bertz CT molecular complexity index is 832. The third-order valence-corrected chi connectivity index (χ3v) is 4.77. The molecule has 0 N–H and O–H groups in total. The van der Waals surface area contributed by atoms with Gasteiger partial charge in [0.1, 0.15) is 5.76 Å². The van der Waals surface area contributed by atoms with Gasteiger partial charge in [-0.2, -0.15) is 0 Å². The summed E-state index contributed by atoms with van der Waals surface area (Å²) in [7, 11) is 0. The van der Waals surface area contributed by atoms with Crippen LogP contribution < -0.4 is 0 Å². The lowest BCUT2D eigenvalue weighted by Crippen LogP contribution is -2.30. The van der Waals surface area contributed by atoms with Crippen molar-refractivity contribution in [3.05, 3.63) is 83.6 Å². The van der Waals surface area contributed by atoms with Crippen molar-refractivity contribution in [1.82, 2.24) is 9.47 Å². The largest absolute Gasteiger partial charge is 0.467 e. The van der Waals surface area contributed by atoms with Crippen LogP contribution in [0.2, 0.25) is 0 Å². The lowest BCUT2D eigenvalue weighted by atomic mass is 10.1. The fourth-order valence-electron chi connectivity index (χ4n) is 3.14. The number of amides is 1. The normalized spacial score (nSPS) is 10.9. The summed E-state index contributed by atoms with van der Waals surface area (Å²) in [5.74, 6) is 0.993. The molecule has 2 aromatic heterocycles. The Morgan fingerprint density at radius 3 is 2.59 bits per heavy atom. The van der Waals surface area contributed by atoms with Crippen LogP contribution in [0.3, 0.4) is 0 Å². The number of aryl methyl sites for hydroxylation is 1. The Kier molecular flexibility index (Phi) is 6.53. The second-order valence-electron chi connectivity index (χ2n) is 7.05. The SMILES string of the molecule is CCCCC(=O)N(Cc1ccco1)Cc1cccn1Cc1ccc(C)cc1. The molecular weight excluding hydrogens is 336 g/mol. The van der Waals surface area contributed by atoms with E-state index in [0.717, 1.165) is 30.8 Å². The zero-order valence-corrected chi connectivity index (χ0v) is 16.2. The highest BCUT2D eigenvalue weighted by atomic mass is 16.3. The van der Waals surface area contributed by atoms with Gasteiger partial charge in [0.2, 0.25) is 5.91 Å². The number of nitrogens with zero attached hydrogens (tertiary/aromatic N) is 2. The first-order valence-corrected chi connectivity index (χ1v) is 9.65. The highest BCUT2D eigenvalue weighted by Crippen LogP contribution is 2.16. The molecule has 1 amide bonds. The molecule has 0 saturated carbocycles. The number of furan rings is 1. The Labute approximate surface area is 161 Å². The second kappa shape index (κ2) is 9.26. The summed E-state index contributed by atoms with van der Waals surface area (Å²) >= 11 is 0. The van der Waals surface area contributed by atoms with Crippen LogP contribution in [0, 0.1) is 6.92 Å². The van der Waals surface area contributed by atoms with Gasteiger partial charge < -0.3 is 13.9 Å². The predicted octanol–water partition coefficient (Wildman–Crippen LogP) is 5.16. The third kappa shape index (κ3) is 5.36. The Morgan fingerprint density at radius 1 is 1.07 bits per heavy atom. The molecule has 3 rings (SSSR count). The standard InChI is InChI=1S/C23H28N2O2/c1-3-4-9-23(26)25(18-22-8-6-15-27-22)17-21-7-5-14-24(21)16-20-12-10-19(2)11-13-20/h5-8,10-15H,3-4,9,16-18H2,1-2H3. The van der Waals surface area contributed by atoms with Gasteiger partial charge in [0, 0.05) is 24.9 Å². The maximum atomic E-state index is 12.7. The number of hydrogen-bond donors (Lipinski definition) is 0. The van der Waals surface area contributed by atoms with Gasteiger partial charge in [0.25, 0.3) is 0 Å². The summed E-state index contributed by atoms with van der Waals surface area (Å²) in [6.07, 6.45) is 6.25. The molecule has 1 aromatic carbocycles. The third-order valence-electron chi connectivity index (χ3n) is 4.77. The van der Waals surface area contributed by atoms with E-state index in [2.05, 4.69) is 54.9 Å². The van der Waals surface area contributed by atoms with E-state index in [9.17, 15) is 4.79 Å². The minimum absolute atomic E-state index is 0.177. The minimum Gasteiger partial charge on any atom is -0.467 e. The van der Waals surface area contributed by atoms with Gasteiger partial charge in [-0.15, -0.1) is 0 Å². The quantitative estimate of drug-likeness (QED) is 0.526. The van der Waals surface area contributed by atoms with E-state index in [1.54, 1.807) is 6.26 Å². The molecule has 0 atom stereocenters. The molecule has 0 aliphatic heterocycles. The molecule has 2 heterocycles. The molecule has 4 heteroatoms. The smallest absolute Gasteiger partial charge is 0.223 e. The van der Waals surface area contributed by atoms with Gasteiger partial charge in [0.15, 0.2) is 0 Å². The summed E-state index contributed by atoms with van der Waals surface area (Å²) in [5, 5.41) is 0. The molecule has 4 nitrogen and oxygen atoms in total. The zero-order valence-electron chi connectivity index (χ0n) is 16.2. The summed E-state index contributed by atoms with van der Waals surface area (Å²) in [4.78, 5) is 14.6. The van der Waals surface area contributed by atoms with Crippen molar-refractivity contribution in [2.24, 2.45) is 0 Å². The van der Waals surface area contributed by atoms with E-state index in [0.29, 0.717) is 19.5 Å². The van der Waals surface area contributed by atoms with Crippen LogP contribution in [-0.4, -0.2) is 15.4 Å². The molecule has 3 aromatic rings. The maximum Gasteiger partial charge on any atom is 0.223 e. The lowest BCUT2D eigenvalue weighted by Gasteiger charge is -2.23. The van der Waals surface area contributed by atoms with Crippen molar-refractivity contribution in [3.63, 3.8) is 0 Å². The fourth-order valence-corrected chi connectivity index (χ4v) is 3.14. The number of rotatable bonds is 9. The summed E-state index contributed by atoms with van der Waals surface area (Å²) in [6.45, 7) is 6.10. The molecule has 0 fully saturated rings. The Morgan fingerprint density at radius 2 is 1.89 bits per heavy atom. The van der Waals surface area contributed by atoms with Crippen molar-refractivity contribution in [1.29, 1.82) is 0 Å². The minimum atomic E-state index is 0.177. The van der Waals surface area contributed by atoms with Crippen molar-refractivity contribution >= 4 is 5.91 Å². The van der Waals surface area contributed by atoms with Crippen LogP contribution in [0.5, 0.6) is 0 Å². The molecule has 0 spiro atoms. The molecule has 0 aliphatic carbocycles. The van der Waals surface area contributed by atoms with Crippen LogP contribution in [0.25, 0.3) is 0 Å². The number of unbranched alkanes of at least 4 members (excludes halogenated alkanes) is 1. The second-order valence-corrected chi connectivity index (χ2v) is 7.05. The molecule has 142 valence electrons. The number of carbonyl (C=O) groups excluding carboxylic acids is 1. The highest BCUT2D eigenvalue weighted by molar-refractivity contribution is 5.76. The van der Waals surface area contributed by atoms with Crippen molar-refractivity contribution in [3.8, 4) is 0 Å². The fraction of sp³-hybridized carbons (Fsp3) is 0.348. The first kappa shape index (κ1) is 19.0. The number of aromatic nitrogens is 1. The van der Waals surface area contributed by atoms with E-state index >= 15 is 0 Å². The molecule has 0 saturated heterocycles. The van der Waals surface area contributed by atoms with E-state index in [1.165, 1.54) is 11.1 Å². The molecule has 0 bridgehead atoms. The van der Waals surface area contributed by atoms with Gasteiger partial charge >= 0.3 is 0 Å². The van der Waals surface area contributed by atoms with Crippen molar-refractivity contribution in [2.75, 3.05) is 0 Å². The molecule has 27 heavy (non-hydrogen) atoms. The van der Waals surface area contributed by atoms with Crippen LogP contribution in [0.15, 0.2) is 65.4 Å². The van der Waals surface area contributed by atoms with Gasteiger partial charge in [-0.1, -0.05) is 43.2 Å². The predicted molar refractivity (Wildman–Crippen MR) is 107 cm³/mol. The molecule has 0 unspecified atom stereocenters. The highest BCUT2D eigenvalue weighted by Gasteiger charge is 2.17. The van der Waals surface area contributed by atoms with Crippen LogP contribution >= 0.6 is 0 Å². The topological polar surface area (TPSA) is 38.4 Å². The molecular formula is C23H28N2O2. The van der Waals surface area contributed by atoms with Gasteiger partial charge in [0.05, 0.1) is 19.4 Å². The maximum absolute atomic E-state index is 12.7. The number of hydrogen-bond acceptors (Lipinski definition) is 2. The van der Waals surface area contributed by atoms with E-state index in [-0.39, 0.29) is 5.91 Å². The van der Waals surface area contributed by atoms with E-state index in [4.69, 9.17) is 4.42 Å². The van der Waals surface area contributed by atoms with Crippen LogP contribution in [-0.2, 0) is 24.4 Å². The van der Waals surface area contributed by atoms with Crippen molar-refractivity contribution in [2.45, 2.75) is 52.7 Å².